The predicted molar refractivity (Wildman–Crippen MR) is 80.1 cm³/mol. The number of fused-ring (bicyclic) bond motifs is 1. The number of aliphatic hydroxyl groups is 1. The van der Waals surface area contributed by atoms with Crippen molar-refractivity contribution in [1.82, 2.24) is 15.5 Å². The molecule has 1 aromatic rings. The number of H-pyrrole nitrogens is 1. The van der Waals surface area contributed by atoms with Gasteiger partial charge in [0.15, 0.2) is 5.69 Å². The molecule has 1 aromatic heterocycles. The van der Waals surface area contributed by atoms with Gasteiger partial charge in [0.2, 0.25) is 18.0 Å². The van der Waals surface area contributed by atoms with Crippen molar-refractivity contribution in [2.24, 2.45) is 0 Å². The number of ketones is 2. The Hall–Kier alpha value is -2.01. The number of aromatic amines is 1. The molecule has 0 saturated carbocycles. The number of Topliss-reactive ketones (excluding diaryl/α,β-unsaturated/α-hetero) is 1. The topological polar surface area (TPSA) is 131 Å². The third kappa shape index (κ3) is 3.67. The Morgan fingerprint density at radius 1 is 1.48 bits per heavy atom. The molecule has 3 N–H and O–H groups in total. The van der Waals surface area contributed by atoms with E-state index in [0.717, 1.165) is 11.8 Å². The van der Waals surface area contributed by atoms with Crippen LogP contribution in [0.15, 0.2) is 11.0 Å². The molecule has 0 fully saturated rings. The summed E-state index contributed by atoms with van der Waals surface area (Å²) in [4.78, 5) is 36.3. The fourth-order valence-electron chi connectivity index (χ4n) is 1.90. The van der Waals surface area contributed by atoms with E-state index < -0.39 is 23.9 Å². The number of aliphatic hydroxyl groups excluding tert-OH is 1. The van der Waals surface area contributed by atoms with Gasteiger partial charge in [0.05, 0.1) is 17.6 Å². The third-order valence-corrected chi connectivity index (χ3v) is 4.03. The van der Waals surface area contributed by atoms with Crippen LogP contribution in [0.25, 0.3) is 0 Å². The maximum absolute atomic E-state index is 12.4. The molecule has 0 spiro atoms. The Kier molecular flexibility index (Phi) is 5.66. The number of rotatable bonds is 7. The molecule has 0 aliphatic heterocycles. The van der Waals surface area contributed by atoms with E-state index in [1.54, 1.807) is 0 Å². The number of nitrogens with one attached hydrogen (secondary N) is 2. The zero-order chi connectivity index (χ0) is 17.0. The van der Waals surface area contributed by atoms with Crippen molar-refractivity contribution in [2.75, 3.05) is 26.5 Å². The highest BCUT2D eigenvalue weighted by molar-refractivity contribution is 8.04. The van der Waals surface area contributed by atoms with Gasteiger partial charge >= 0.3 is 5.97 Å². The number of nitrogens with zero attached hydrogens (tertiary/aromatic N) is 1. The second kappa shape index (κ2) is 7.51. The highest BCUT2D eigenvalue weighted by atomic mass is 32.2. The number of hydrogen-bond donors (Lipinski definition) is 3. The zero-order valence-corrected chi connectivity index (χ0v) is 13.2. The van der Waals surface area contributed by atoms with Crippen LogP contribution in [0.5, 0.6) is 0 Å². The highest BCUT2D eigenvalue weighted by Gasteiger charge is 2.34. The van der Waals surface area contributed by atoms with E-state index in [9.17, 15) is 19.5 Å². The summed E-state index contributed by atoms with van der Waals surface area (Å²) in [7, 11) is 2.51. The second-order valence-corrected chi connectivity index (χ2v) is 5.54. The molecule has 23 heavy (non-hydrogen) atoms. The zero-order valence-electron chi connectivity index (χ0n) is 12.4. The van der Waals surface area contributed by atoms with E-state index in [0.29, 0.717) is 12.3 Å². The number of hydrogen-bond acceptors (Lipinski definition) is 9. The lowest BCUT2D eigenvalue weighted by Gasteiger charge is -2.13. The molecular weight excluding hydrogens is 326 g/mol. The number of esters is 1. The van der Waals surface area contributed by atoms with Gasteiger partial charge < -0.3 is 14.6 Å². The molecule has 1 aliphatic carbocycles. The summed E-state index contributed by atoms with van der Waals surface area (Å²) in [6.45, 7) is 0.348. The third-order valence-electron chi connectivity index (χ3n) is 3.00. The predicted octanol–water partition coefficient (Wildman–Crippen LogP) is -0.296. The van der Waals surface area contributed by atoms with Gasteiger partial charge in [0.1, 0.15) is 5.69 Å². The number of thioether (sulfide) groups is 1. The smallest absolute Gasteiger partial charge is 0.356 e. The van der Waals surface area contributed by atoms with Crippen LogP contribution in [0, 0.1) is 0 Å². The van der Waals surface area contributed by atoms with E-state index in [-0.39, 0.29) is 21.9 Å². The van der Waals surface area contributed by atoms with Crippen LogP contribution in [-0.2, 0) is 9.47 Å². The minimum atomic E-state index is -1.10. The maximum Gasteiger partial charge on any atom is 0.356 e. The van der Waals surface area contributed by atoms with Gasteiger partial charge in [-0.3, -0.25) is 20.0 Å². The van der Waals surface area contributed by atoms with E-state index in [1.807, 2.05) is 0 Å². The Labute approximate surface area is 135 Å². The average molecular weight is 341 g/mol. The van der Waals surface area contributed by atoms with Gasteiger partial charge in [-0.05, 0) is 0 Å². The monoisotopic (exact) mass is 341 g/mol. The largest absolute Gasteiger partial charge is 0.464 e. The van der Waals surface area contributed by atoms with Crippen molar-refractivity contribution in [2.45, 2.75) is 6.41 Å². The summed E-state index contributed by atoms with van der Waals surface area (Å²) in [6.07, 6.45) is 0.0870. The lowest BCUT2D eigenvalue weighted by Crippen LogP contribution is -2.32. The Balaban J connectivity index is 2.10. The van der Waals surface area contributed by atoms with Gasteiger partial charge in [0.25, 0.3) is 0 Å². The fraction of sp³-hybridized carbons (Fsp3) is 0.385. The molecule has 1 aliphatic rings. The number of ether oxygens (including phenoxy) is 2. The lowest BCUT2D eigenvalue weighted by atomic mass is 9.99. The van der Waals surface area contributed by atoms with Gasteiger partial charge in [-0.2, -0.15) is 5.10 Å². The number of carbonyl (C=O) groups is 3. The first-order chi connectivity index (χ1) is 11.0. The summed E-state index contributed by atoms with van der Waals surface area (Å²) in [5.74, 6) is -1.29. The summed E-state index contributed by atoms with van der Waals surface area (Å²) in [6, 6.07) is 0. The van der Waals surface area contributed by atoms with Crippen LogP contribution >= 0.6 is 11.8 Å². The first kappa shape index (κ1) is 17.3. The van der Waals surface area contributed by atoms with Crippen molar-refractivity contribution in [3.05, 3.63) is 27.9 Å². The molecule has 0 saturated heterocycles. The van der Waals surface area contributed by atoms with Crippen LogP contribution in [0.3, 0.4) is 0 Å². The molecule has 9 nitrogen and oxygen atoms in total. The minimum Gasteiger partial charge on any atom is -0.464 e. The quantitative estimate of drug-likeness (QED) is 0.347. The van der Waals surface area contributed by atoms with Crippen LogP contribution in [0.4, 0.5) is 0 Å². The molecule has 0 radical (unpaired) electrons. The molecule has 1 atom stereocenters. The molecule has 1 heterocycles. The van der Waals surface area contributed by atoms with E-state index >= 15 is 0 Å². The van der Waals surface area contributed by atoms with Crippen molar-refractivity contribution < 1.29 is 29.0 Å². The van der Waals surface area contributed by atoms with Crippen LogP contribution < -0.4 is 5.32 Å². The first-order valence-corrected chi connectivity index (χ1v) is 7.52. The highest BCUT2D eigenvalue weighted by Crippen LogP contribution is 2.29. The summed E-state index contributed by atoms with van der Waals surface area (Å²) in [5.41, 5.74) is -0.301. The molecule has 0 aromatic carbocycles. The van der Waals surface area contributed by atoms with E-state index in [4.69, 9.17) is 0 Å². The first-order valence-electron chi connectivity index (χ1n) is 6.54. The minimum absolute atomic E-state index is 0.0725. The number of methoxy groups -OCH3 is 2. The number of carbonyl (C=O) groups excluding carboxylic acids is 3. The fourth-order valence-corrected chi connectivity index (χ4v) is 2.76. The van der Waals surface area contributed by atoms with Crippen molar-refractivity contribution >= 4 is 29.3 Å². The molecule has 124 valence electrons. The second-order valence-electron chi connectivity index (χ2n) is 4.41. The summed E-state index contributed by atoms with van der Waals surface area (Å²) < 4.78 is 9.17. The van der Waals surface area contributed by atoms with Crippen molar-refractivity contribution in [3.63, 3.8) is 0 Å². The van der Waals surface area contributed by atoms with E-state index in [1.165, 1.54) is 20.3 Å². The molecule has 1 unspecified atom stereocenters. The molecule has 10 heteroatoms. The molecule has 0 bridgehead atoms. The SMILES string of the molecule is COC(=O)c1[nH]nc2c1C(=O)C(SCCNC(O)OC)=CC2=O. The Morgan fingerprint density at radius 2 is 2.22 bits per heavy atom. The van der Waals surface area contributed by atoms with Crippen LogP contribution in [-0.4, -0.2) is 65.8 Å². The Morgan fingerprint density at radius 3 is 2.87 bits per heavy atom. The normalized spacial score (nSPS) is 15.2. The number of allylic oxidation sites excluding steroid dienone is 2. The number of aromatic nitrogens is 2. The van der Waals surface area contributed by atoms with Crippen molar-refractivity contribution in [3.8, 4) is 0 Å². The van der Waals surface area contributed by atoms with Crippen molar-refractivity contribution in [1.29, 1.82) is 0 Å². The lowest BCUT2D eigenvalue weighted by molar-refractivity contribution is -0.0952. The Bertz CT molecular complexity index is 669. The molecule has 0 amide bonds. The summed E-state index contributed by atoms with van der Waals surface area (Å²) >= 11 is 1.12. The van der Waals surface area contributed by atoms with Gasteiger partial charge in [-0.1, -0.05) is 0 Å². The van der Waals surface area contributed by atoms with Crippen LogP contribution in [0.2, 0.25) is 0 Å². The van der Waals surface area contributed by atoms with Gasteiger partial charge in [-0.25, -0.2) is 4.79 Å². The molecule has 2 rings (SSSR count). The standard InChI is InChI=1S/C13H15N3O6S/c1-21-12(19)10-8-9(15-16-10)6(17)5-7(11(8)18)23-4-3-14-13(20)22-2/h5,13-14,20H,3-4H2,1-2H3,(H,15,16). The maximum atomic E-state index is 12.4. The summed E-state index contributed by atoms with van der Waals surface area (Å²) in [5, 5.41) is 17.9. The van der Waals surface area contributed by atoms with Gasteiger partial charge in [0, 0.05) is 25.5 Å². The molecular formula is C13H15N3O6S. The van der Waals surface area contributed by atoms with Gasteiger partial charge in [-0.15, -0.1) is 11.8 Å². The average Bonchev–Trinajstić information content (AvgIpc) is 3.00. The van der Waals surface area contributed by atoms with E-state index in [2.05, 4.69) is 25.0 Å². The van der Waals surface area contributed by atoms with Crippen LogP contribution in [0.1, 0.15) is 31.3 Å².